The number of rotatable bonds is 16. The molecule has 0 bridgehead atoms. The Morgan fingerprint density at radius 2 is 1.67 bits per heavy atom. The van der Waals surface area contributed by atoms with Crippen molar-refractivity contribution in [1.29, 1.82) is 0 Å². The third kappa shape index (κ3) is 11.0. The first-order chi connectivity index (χ1) is 14.4. The summed E-state index contributed by atoms with van der Waals surface area (Å²) in [5.41, 5.74) is 4.56. The Labute approximate surface area is 189 Å². The van der Waals surface area contributed by atoms with Gasteiger partial charge in [-0.05, 0) is 70.3 Å². The lowest BCUT2D eigenvalue weighted by atomic mass is 9.83. The highest BCUT2D eigenvalue weighted by Gasteiger charge is 2.25. The van der Waals surface area contributed by atoms with Gasteiger partial charge >= 0.3 is 0 Å². The van der Waals surface area contributed by atoms with E-state index in [2.05, 4.69) is 66.7 Å². The van der Waals surface area contributed by atoms with Crippen LogP contribution in [0.15, 0.2) is 34.9 Å². The summed E-state index contributed by atoms with van der Waals surface area (Å²) < 4.78 is 6.09. The normalized spacial score (nSPS) is 21.9. The lowest BCUT2D eigenvalue weighted by Gasteiger charge is -2.30. The van der Waals surface area contributed by atoms with Gasteiger partial charge in [0.1, 0.15) is 0 Å². The second-order valence-corrected chi connectivity index (χ2v) is 10.1. The molecule has 1 aliphatic rings. The van der Waals surface area contributed by atoms with E-state index in [0.29, 0.717) is 12.0 Å². The van der Waals surface area contributed by atoms with Crippen molar-refractivity contribution in [3.63, 3.8) is 0 Å². The maximum absolute atomic E-state index is 6.09. The third-order valence-corrected chi connectivity index (χ3v) is 7.08. The number of hydrogen-bond acceptors (Lipinski definition) is 1. The first-order valence-electron chi connectivity index (χ1n) is 13.0. The highest BCUT2D eigenvalue weighted by atomic mass is 16.5. The van der Waals surface area contributed by atoms with Crippen molar-refractivity contribution in [2.24, 2.45) is 17.8 Å². The summed E-state index contributed by atoms with van der Waals surface area (Å²) >= 11 is 0. The maximum Gasteiger partial charge on any atom is 0.0850 e. The van der Waals surface area contributed by atoms with Gasteiger partial charge in [0.15, 0.2) is 0 Å². The lowest BCUT2D eigenvalue weighted by Crippen LogP contribution is -2.27. The Bertz CT molecular complexity index is 539. The van der Waals surface area contributed by atoms with Crippen LogP contribution in [0.2, 0.25) is 0 Å². The van der Waals surface area contributed by atoms with Crippen LogP contribution in [0, 0.1) is 17.8 Å². The molecule has 0 radical (unpaired) electrons. The zero-order valence-corrected chi connectivity index (χ0v) is 21.4. The molecule has 0 heterocycles. The predicted molar refractivity (Wildman–Crippen MR) is 135 cm³/mol. The summed E-state index contributed by atoms with van der Waals surface area (Å²) in [4.78, 5) is 0. The second-order valence-electron chi connectivity index (χ2n) is 10.1. The molecule has 0 aromatic carbocycles. The molecule has 0 saturated heterocycles. The molecular formula is C29H52O. The average molecular weight is 417 g/mol. The van der Waals surface area contributed by atoms with E-state index in [1.165, 1.54) is 81.8 Å². The standard InChI is InChI=1S/C29H52O/c1-8-10-11-14-23(3)15-12-16-24(4)17-13-18-25(5)19-21-28-22-20-26(6)27(7)29(28)30-9-2/h14,20,22,24-25,27,29H,8-13,15-19,21H2,1-7H3. The van der Waals surface area contributed by atoms with Crippen LogP contribution < -0.4 is 0 Å². The van der Waals surface area contributed by atoms with E-state index in [1.54, 1.807) is 5.57 Å². The van der Waals surface area contributed by atoms with Gasteiger partial charge in [0.25, 0.3) is 0 Å². The summed E-state index contributed by atoms with van der Waals surface area (Å²) in [6, 6.07) is 0. The van der Waals surface area contributed by atoms with E-state index in [9.17, 15) is 0 Å². The van der Waals surface area contributed by atoms with Crippen LogP contribution in [0.4, 0.5) is 0 Å². The van der Waals surface area contributed by atoms with Crippen LogP contribution in [0.1, 0.15) is 119 Å². The zero-order chi connectivity index (χ0) is 22.4. The van der Waals surface area contributed by atoms with Crippen molar-refractivity contribution in [1.82, 2.24) is 0 Å². The summed E-state index contributed by atoms with van der Waals surface area (Å²) in [6.45, 7) is 17.0. The van der Waals surface area contributed by atoms with Gasteiger partial charge in [0.05, 0.1) is 6.10 Å². The van der Waals surface area contributed by atoms with Crippen molar-refractivity contribution in [3.8, 4) is 0 Å². The van der Waals surface area contributed by atoms with E-state index in [4.69, 9.17) is 4.74 Å². The van der Waals surface area contributed by atoms with Gasteiger partial charge in [-0.3, -0.25) is 0 Å². The molecule has 0 aromatic heterocycles. The molecule has 0 N–H and O–H groups in total. The Morgan fingerprint density at radius 3 is 2.33 bits per heavy atom. The van der Waals surface area contributed by atoms with Crippen LogP contribution in [0.25, 0.3) is 0 Å². The molecule has 1 rings (SSSR count). The van der Waals surface area contributed by atoms with Crippen molar-refractivity contribution >= 4 is 0 Å². The molecule has 1 nitrogen and oxygen atoms in total. The maximum atomic E-state index is 6.09. The summed E-state index contributed by atoms with van der Waals surface area (Å²) in [5.74, 6) is 2.20. The van der Waals surface area contributed by atoms with E-state index in [0.717, 1.165) is 18.4 Å². The van der Waals surface area contributed by atoms with E-state index < -0.39 is 0 Å². The molecule has 1 heteroatoms. The van der Waals surface area contributed by atoms with Crippen LogP contribution in [0.3, 0.4) is 0 Å². The summed E-state index contributed by atoms with van der Waals surface area (Å²) in [5, 5.41) is 0. The van der Waals surface area contributed by atoms with Crippen molar-refractivity contribution in [3.05, 3.63) is 34.9 Å². The molecule has 30 heavy (non-hydrogen) atoms. The SMILES string of the molecule is CCCCC=C(C)CCCC(C)CCCC(C)CCC1=CC=C(C)C(C)C1OCC. The fourth-order valence-electron chi connectivity index (χ4n) is 4.60. The number of allylic oxidation sites excluding steroid dienone is 4. The highest BCUT2D eigenvalue weighted by molar-refractivity contribution is 5.29. The van der Waals surface area contributed by atoms with Crippen LogP contribution >= 0.6 is 0 Å². The first kappa shape index (κ1) is 27.2. The number of ether oxygens (including phenoxy) is 1. The van der Waals surface area contributed by atoms with Gasteiger partial charge < -0.3 is 4.74 Å². The van der Waals surface area contributed by atoms with Gasteiger partial charge in [-0.25, -0.2) is 0 Å². The third-order valence-electron chi connectivity index (χ3n) is 7.08. The minimum Gasteiger partial charge on any atom is -0.374 e. The van der Waals surface area contributed by atoms with E-state index in [1.807, 2.05) is 0 Å². The van der Waals surface area contributed by atoms with Crippen molar-refractivity contribution < 1.29 is 4.74 Å². The Kier molecular flexibility index (Phi) is 14.4. The van der Waals surface area contributed by atoms with Gasteiger partial charge in [-0.15, -0.1) is 0 Å². The Balaban J connectivity index is 2.22. The van der Waals surface area contributed by atoms with Crippen LogP contribution in [-0.4, -0.2) is 12.7 Å². The fraction of sp³-hybridized carbons (Fsp3) is 0.793. The first-order valence-corrected chi connectivity index (χ1v) is 13.0. The zero-order valence-electron chi connectivity index (χ0n) is 21.4. The van der Waals surface area contributed by atoms with E-state index in [-0.39, 0.29) is 0 Å². The Morgan fingerprint density at radius 1 is 1.00 bits per heavy atom. The van der Waals surface area contributed by atoms with E-state index >= 15 is 0 Å². The lowest BCUT2D eigenvalue weighted by molar-refractivity contribution is 0.0570. The molecule has 0 saturated carbocycles. The smallest absolute Gasteiger partial charge is 0.0850 e. The molecule has 0 aliphatic heterocycles. The van der Waals surface area contributed by atoms with Gasteiger partial charge in [-0.1, -0.05) is 95.6 Å². The summed E-state index contributed by atoms with van der Waals surface area (Å²) in [7, 11) is 0. The minimum absolute atomic E-state index is 0.298. The monoisotopic (exact) mass is 416 g/mol. The number of unbranched alkanes of at least 4 members (excludes halogenated alkanes) is 2. The largest absolute Gasteiger partial charge is 0.374 e. The molecule has 4 atom stereocenters. The topological polar surface area (TPSA) is 9.23 Å². The fourth-order valence-corrected chi connectivity index (χ4v) is 4.60. The van der Waals surface area contributed by atoms with Gasteiger partial charge in [-0.2, -0.15) is 0 Å². The second kappa shape index (κ2) is 15.9. The predicted octanol–water partition coefficient (Wildman–Crippen LogP) is 9.44. The molecule has 0 fully saturated rings. The Hall–Kier alpha value is -0.820. The number of hydrogen-bond donors (Lipinski definition) is 0. The van der Waals surface area contributed by atoms with Gasteiger partial charge in [0, 0.05) is 12.5 Å². The summed E-state index contributed by atoms with van der Waals surface area (Å²) in [6.07, 6.45) is 22.0. The molecule has 4 unspecified atom stereocenters. The highest BCUT2D eigenvalue weighted by Crippen LogP contribution is 2.32. The quantitative estimate of drug-likeness (QED) is 0.180. The minimum atomic E-state index is 0.298. The molecule has 0 aromatic rings. The molecule has 174 valence electrons. The van der Waals surface area contributed by atoms with Gasteiger partial charge in [0.2, 0.25) is 0 Å². The van der Waals surface area contributed by atoms with Crippen LogP contribution in [0.5, 0.6) is 0 Å². The van der Waals surface area contributed by atoms with Crippen LogP contribution in [-0.2, 0) is 4.74 Å². The molecular weight excluding hydrogens is 364 g/mol. The molecule has 0 amide bonds. The van der Waals surface area contributed by atoms with Crippen molar-refractivity contribution in [2.45, 2.75) is 125 Å². The van der Waals surface area contributed by atoms with Crippen molar-refractivity contribution in [2.75, 3.05) is 6.61 Å². The molecule has 1 aliphatic carbocycles. The average Bonchev–Trinajstić information content (AvgIpc) is 2.71. The molecule has 0 spiro atoms.